The SMILES string of the molecule is C[N+](C)(C)[C@H]1CCCC[C@@H]1[N+](C)(C)C. The highest BCUT2D eigenvalue weighted by molar-refractivity contribution is 4.76. The van der Waals surface area contributed by atoms with Gasteiger partial charge < -0.3 is 8.97 Å². The van der Waals surface area contributed by atoms with Crippen LogP contribution in [0.25, 0.3) is 0 Å². The maximum Gasteiger partial charge on any atom is 0.141 e. The Bertz CT molecular complexity index is 163. The summed E-state index contributed by atoms with van der Waals surface area (Å²) in [5, 5.41) is 0. The highest BCUT2D eigenvalue weighted by Gasteiger charge is 2.42. The van der Waals surface area contributed by atoms with E-state index in [-0.39, 0.29) is 0 Å². The Balaban J connectivity index is 2.80. The summed E-state index contributed by atoms with van der Waals surface area (Å²) in [6.07, 6.45) is 5.67. The summed E-state index contributed by atoms with van der Waals surface area (Å²) in [6, 6.07) is 1.67. The molecular weight excluding hydrogens is 172 g/mol. The summed E-state index contributed by atoms with van der Waals surface area (Å²) in [5.74, 6) is 0. The van der Waals surface area contributed by atoms with E-state index in [4.69, 9.17) is 0 Å². The molecule has 2 atom stereocenters. The van der Waals surface area contributed by atoms with Gasteiger partial charge in [-0.05, 0) is 12.8 Å². The van der Waals surface area contributed by atoms with Crippen LogP contribution >= 0.6 is 0 Å². The maximum atomic E-state index is 2.35. The van der Waals surface area contributed by atoms with Crippen molar-refractivity contribution in [2.45, 2.75) is 37.8 Å². The average Bonchev–Trinajstić information content (AvgIpc) is 2.01. The van der Waals surface area contributed by atoms with Crippen molar-refractivity contribution in [2.75, 3.05) is 42.3 Å². The second kappa shape index (κ2) is 3.82. The number of rotatable bonds is 2. The fraction of sp³-hybridized carbons (Fsp3) is 1.00. The van der Waals surface area contributed by atoms with Crippen LogP contribution in [0.5, 0.6) is 0 Å². The summed E-state index contributed by atoms with van der Waals surface area (Å²) in [5.41, 5.74) is 0. The lowest BCUT2D eigenvalue weighted by molar-refractivity contribution is -0.967. The zero-order chi connectivity index (χ0) is 11.0. The van der Waals surface area contributed by atoms with Crippen molar-refractivity contribution in [3.63, 3.8) is 0 Å². The van der Waals surface area contributed by atoms with Gasteiger partial charge in [0, 0.05) is 12.8 Å². The lowest BCUT2D eigenvalue weighted by Gasteiger charge is -2.47. The molecule has 1 saturated carbocycles. The number of hydrogen-bond donors (Lipinski definition) is 0. The minimum Gasteiger partial charge on any atom is -0.324 e. The second-order valence-corrected chi connectivity index (χ2v) is 6.65. The highest BCUT2D eigenvalue weighted by atomic mass is 15.4. The standard InChI is InChI=1S/C12H28N2/c1-13(2,3)11-9-7-8-10-12(11)14(4,5)6/h11-12H,7-10H2,1-6H3/q+2/t11-,12-/m0/s1. The molecule has 0 aromatic carbocycles. The monoisotopic (exact) mass is 200 g/mol. The highest BCUT2D eigenvalue weighted by Crippen LogP contribution is 2.30. The smallest absolute Gasteiger partial charge is 0.141 e. The molecule has 0 saturated heterocycles. The Labute approximate surface area is 89.7 Å². The lowest BCUT2D eigenvalue weighted by Crippen LogP contribution is -2.62. The fourth-order valence-electron chi connectivity index (χ4n) is 2.90. The molecule has 84 valence electrons. The Morgan fingerprint density at radius 2 is 0.929 bits per heavy atom. The molecule has 2 heteroatoms. The molecule has 1 rings (SSSR count). The Morgan fingerprint density at radius 3 is 1.14 bits per heavy atom. The molecule has 0 aliphatic heterocycles. The molecule has 0 unspecified atom stereocenters. The van der Waals surface area contributed by atoms with Gasteiger partial charge in [0.2, 0.25) is 0 Å². The van der Waals surface area contributed by atoms with Crippen molar-refractivity contribution in [1.82, 2.24) is 0 Å². The van der Waals surface area contributed by atoms with E-state index in [0.29, 0.717) is 0 Å². The third kappa shape index (κ3) is 2.71. The normalized spacial score (nSPS) is 30.4. The molecule has 0 heterocycles. The first kappa shape index (κ1) is 12.0. The minimum absolute atomic E-state index is 0.837. The first-order chi connectivity index (χ1) is 6.23. The number of likely N-dealkylation sites (N-methyl/N-ethyl adjacent to an activating group) is 2. The van der Waals surface area contributed by atoms with Crippen molar-refractivity contribution >= 4 is 0 Å². The molecule has 0 spiro atoms. The molecule has 0 aromatic heterocycles. The van der Waals surface area contributed by atoms with E-state index >= 15 is 0 Å². The number of quaternary nitrogens is 2. The molecule has 1 fully saturated rings. The van der Waals surface area contributed by atoms with Gasteiger partial charge in [-0.1, -0.05) is 0 Å². The Hall–Kier alpha value is -0.0800. The quantitative estimate of drug-likeness (QED) is 0.595. The van der Waals surface area contributed by atoms with Gasteiger partial charge in [0.1, 0.15) is 12.1 Å². The molecule has 0 bridgehead atoms. The van der Waals surface area contributed by atoms with Gasteiger partial charge in [-0.15, -0.1) is 0 Å². The largest absolute Gasteiger partial charge is 0.324 e. The van der Waals surface area contributed by atoms with Crippen LogP contribution in [0.2, 0.25) is 0 Å². The number of hydrogen-bond acceptors (Lipinski definition) is 0. The number of nitrogens with zero attached hydrogens (tertiary/aromatic N) is 2. The predicted octanol–water partition coefficient (Wildman–Crippen LogP) is 1.71. The predicted molar refractivity (Wildman–Crippen MR) is 62.1 cm³/mol. The van der Waals surface area contributed by atoms with E-state index in [9.17, 15) is 0 Å². The molecule has 2 nitrogen and oxygen atoms in total. The summed E-state index contributed by atoms with van der Waals surface area (Å²) in [7, 11) is 14.1. The third-order valence-corrected chi connectivity index (χ3v) is 3.68. The van der Waals surface area contributed by atoms with Crippen molar-refractivity contribution in [2.24, 2.45) is 0 Å². The van der Waals surface area contributed by atoms with Crippen LogP contribution in [0, 0.1) is 0 Å². The summed E-state index contributed by atoms with van der Waals surface area (Å²) in [4.78, 5) is 0. The van der Waals surface area contributed by atoms with E-state index in [0.717, 1.165) is 21.0 Å². The van der Waals surface area contributed by atoms with Crippen LogP contribution in [0.3, 0.4) is 0 Å². The van der Waals surface area contributed by atoms with Crippen LogP contribution in [0.1, 0.15) is 25.7 Å². The molecule has 1 aliphatic rings. The van der Waals surface area contributed by atoms with Gasteiger partial charge in [0.25, 0.3) is 0 Å². The fourth-order valence-corrected chi connectivity index (χ4v) is 2.90. The summed E-state index contributed by atoms with van der Waals surface area (Å²) < 4.78 is 2.25. The Morgan fingerprint density at radius 1 is 0.643 bits per heavy atom. The molecular formula is C12H28N2+2. The van der Waals surface area contributed by atoms with Crippen LogP contribution in [-0.2, 0) is 0 Å². The second-order valence-electron chi connectivity index (χ2n) is 6.65. The first-order valence-corrected chi connectivity index (χ1v) is 5.85. The van der Waals surface area contributed by atoms with Crippen molar-refractivity contribution in [1.29, 1.82) is 0 Å². The van der Waals surface area contributed by atoms with Crippen LogP contribution in [-0.4, -0.2) is 63.3 Å². The Kier molecular flexibility index (Phi) is 3.27. The molecule has 14 heavy (non-hydrogen) atoms. The lowest BCUT2D eigenvalue weighted by atomic mass is 9.86. The van der Waals surface area contributed by atoms with Gasteiger partial charge in [0.15, 0.2) is 0 Å². The first-order valence-electron chi connectivity index (χ1n) is 5.85. The van der Waals surface area contributed by atoms with Gasteiger partial charge >= 0.3 is 0 Å². The maximum absolute atomic E-state index is 2.35. The molecule has 1 aliphatic carbocycles. The zero-order valence-electron chi connectivity index (χ0n) is 10.9. The molecule has 0 aromatic rings. The van der Waals surface area contributed by atoms with Gasteiger partial charge in [-0.25, -0.2) is 0 Å². The van der Waals surface area contributed by atoms with Gasteiger partial charge in [-0.3, -0.25) is 0 Å². The van der Waals surface area contributed by atoms with Gasteiger partial charge in [-0.2, -0.15) is 0 Å². The summed E-state index contributed by atoms with van der Waals surface area (Å²) in [6.45, 7) is 0. The third-order valence-electron chi connectivity index (χ3n) is 3.68. The summed E-state index contributed by atoms with van der Waals surface area (Å²) >= 11 is 0. The van der Waals surface area contributed by atoms with E-state index in [1.165, 1.54) is 25.7 Å². The topological polar surface area (TPSA) is 0 Å². The minimum atomic E-state index is 0.837. The van der Waals surface area contributed by atoms with Crippen LogP contribution in [0.4, 0.5) is 0 Å². The van der Waals surface area contributed by atoms with Crippen LogP contribution < -0.4 is 0 Å². The van der Waals surface area contributed by atoms with E-state index in [1.807, 2.05) is 0 Å². The van der Waals surface area contributed by atoms with Crippen molar-refractivity contribution < 1.29 is 8.97 Å². The molecule has 0 radical (unpaired) electrons. The van der Waals surface area contributed by atoms with E-state index in [1.54, 1.807) is 0 Å². The average molecular weight is 200 g/mol. The molecule has 0 N–H and O–H groups in total. The van der Waals surface area contributed by atoms with Crippen molar-refractivity contribution in [3.8, 4) is 0 Å². The van der Waals surface area contributed by atoms with E-state index in [2.05, 4.69) is 42.3 Å². The zero-order valence-corrected chi connectivity index (χ0v) is 10.9. The van der Waals surface area contributed by atoms with E-state index < -0.39 is 0 Å². The molecule has 0 amide bonds. The van der Waals surface area contributed by atoms with Crippen molar-refractivity contribution in [3.05, 3.63) is 0 Å². The van der Waals surface area contributed by atoms with Crippen LogP contribution in [0.15, 0.2) is 0 Å². The van der Waals surface area contributed by atoms with Gasteiger partial charge in [0.05, 0.1) is 42.3 Å².